The Kier molecular flexibility index (Phi) is 3.08. The molecule has 0 aromatic heterocycles. The van der Waals surface area contributed by atoms with Gasteiger partial charge in [-0.2, -0.15) is 0 Å². The van der Waals surface area contributed by atoms with E-state index in [1.165, 1.54) is 18.9 Å². The molecular weight excluding hydrogens is 206 g/mol. The second-order valence-electron chi connectivity index (χ2n) is 4.09. The van der Waals surface area contributed by atoms with Crippen LogP contribution in [0.15, 0.2) is 12.1 Å². The number of hydrogen-bond donors (Lipinski definition) is 2. The molecule has 0 bridgehead atoms. The second kappa shape index (κ2) is 4.51. The lowest BCUT2D eigenvalue weighted by Crippen LogP contribution is -2.11. The molecule has 0 amide bonds. The summed E-state index contributed by atoms with van der Waals surface area (Å²) >= 11 is 0. The minimum absolute atomic E-state index is 0.0237. The van der Waals surface area contributed by atoms with Crippen molar-refractivity contribution in [2.75, 3.05) is 12.8 Å². The monoisotopic (exact) mass is 223 g/mol. The van der Waals surface area contributed by atoms with Gasteiger partial charge in [-0.1, -0.05) is 0 Å². The van der Waals surface area contributed by atoms with Gasteiger partial charge in [0.05, 0.1) is 18.9 Å². The number of nitrogen functional groups attached to an aromatic ring is 1. The lowest BCUT2D eigenvalue weighted by molar-refractivity contribution is 0.200. The van der Waals surface area contributed by atoms with Gasteiger partial charge in [0, 0.05) is 12.1 Å². The number of phenols is 1. The van der Waals surface area contributed by atoms with E-state index in [4.69, 9.17) is 15.2 Å². The highest BCUT2D eigenvalue weighted by molar-refractivity contribution is 5.61. The fourth-order valence-corrected chi connectivity index (χ4v) is 2.00. The van der Waals surface area contributed by atoms with E-state index in [-0.39, 0.29) is 11.9 Å². The molecule has 1 saturated carbocycles. The Morgan fingerprint density at radius 2 is 1.94 bits per heavy atom. The fourth-order valence-electron chi connectivity index (χ4n) is 2.00. The molecule has 0 saturated heterocycles. The average molecular weight is 223 g/mol. The summed E-state index contributed by atoms with van der Waals surface area (Å²) in [6.45, 7) is 0. The summed E-state index contributed by atoms with van der Waals surface area (Å²) in [7, 11) is 1.55. The van der Waals surface area contributed by atoms with Crippen molar-refractivity contribution in [3.63, 3.8) is 0 Å². The largest absolute Gasteiger partial charge is 0.506 e. The van der Waals surface area contributed by atoms with Gasteiger partial charge in [-0.25, -0.2) is 0 Å². The maximum atomic E-state index is 9.46. The van der Waals surface area contributed by atoms with Gasteiger partial charge >= 0.3 is 0 Å². The molecule has 1 aromatic rings. The van der Waals surface area contributed by atoms with Crippen molar-refractivity contribution in [3.05, 3.63) is 12.1 Å². The molecule has 1 fully saturated rings. The van der Waals surface area contributed by atoms with Gasteiger partial charge in [-0.15, -0.1) is 0 Å². The van der Waals surface area contributed by atoms with Gasteiger partial charge < -0.3 is 20.3 Å². The Labute approximate surface area is 95.0 Å². The van der Waals surface area contributed by atoms with Gasteiger partial charge in [0.15, 0.2) is 11.5 Å². The first-order valence-corrected chi connectivity index (χ1v) is 5.54. The van der Waals surface area contributed by atoms with Crippen LogP contribution in [0.25, 0.3) is 0 Å². The Balaban J connectivity index is 2.20. The lowest BCUT2D eigenvalue weighted by Gasteiger charge is -2.16. The Bertz CT molecular complexity index is 373. The third-order valence-corrected chi connectivity index (χ3v) is 2.91. The summed E-state index contributed by atoms with van der Waals surface area (Å²) in [5, 5.41) is 9.46. The van der Waals surface area contributed by atoms with Crippen LogP contribution in [0.2, 0.25) is 0 Å². The van der Waals surface area contributed by atoms with Crippen LogP contribution in [-0.4, -0.2) is 18.3 Å². The third-order valence-electron chi connectivity index (χ3n) is 2.91. The Morgan fingerprint density at radius 3 is 2.56 bits per heavy atom. The van der Waals surface area contributed by atoms with Crippen molar-refractivity contribution in [1.82, 2.24) is 0 Å². The van der Waals surface area contributed by atoms with Crippen LogP contribution in [0.1, 0.15) is 25.7 Å². The molecule has 2 rings (SSSR count). The summed E-state index contributed by atoms with van der Waals surface area (Å²) in [6, 6.07) is 3.10. The smallest absolute Gasteiger partial charge is 0.164 e. The zero-order valence-electron chi connectivity index (χ0n) is 9.40. The maximum Gasteiger partial charge on any atom is 0.164 e. The topological polar surface area (TPSA) is 64.7 Å². The van der Waals surface area contributed by atoms with Crippen molar-refractivity contribution < 1.29 is 14.6 Å². The highest BCUT2D eigenvalue weighted by Crippen LogP contribution is 2.37. The summed E-state index contributed by atoms with van der Waals surface area (Å²) in [5.74, 6) is 1.17. The number of aromatic hydroxyl groups is 1. The van der Waals surface area contributed by atoms with Crippen LogP contribution >= 0.6 is 0 Å². The zero-order valence-corrected chi connectivity index (χ0v) is 9.40. The second-order valence-corrected chi connectivity index (χ2v) is 4.09. The normalized spacial score (nSPS) is 16.3. The van der Waals surface area contributed by atoms with Crippen molar-refractivity contribution in [3.8, 4) is 17.2 Å². The van der Waals surface area contributed by atoms with E-state index in [2.05, 4.69) is 0 Å². The van der Waals surface area contributed by atoms with E-state index in [9.17, 15) is 5.11 Å². The molecule has 4 nitrogen and oxygen atoms in total. The summed E-state index contributed by atoms with van der Waals surface area (Å²) < 4.78 is 11.0. The average Bonchev–Trinajstić information content (AvgIpc) is 2.76. The van der Waals surface area contributed by atoms with E-state index in [1.54, 1.807) is 13.2 Å². The number of nitrogens with two attached hydrogens (primary N) is 1. The molecule has 88 valence electrons. The summed E-state index contributed by atoms with van der Waals surface area (Å²) in [6.07, 6.45) is 4.81. The first kappa shape index (κ1) is 10.9. The van der Waals surface area contributed by atoms with Gasteiger partial charge in [0.1, 0.15) is 5.75 Å². The molecule has 1 aliphatic carbocycles. The minimum Gasteiger partial charge on any atom is -0.506 e. The van der Waals surface area contributed by atoms with Crippen LogP contribution in [-0.2, 0) is 0 Å². The van der Waals surface area contributed by atoms with E-state index in [0.717, 1.165) is 12.8 Å². The molecule has 0 radical (unpaired) electrons. The standard InChI is InChI=1S/C12H17NO3/c1-15-11-7-10(14)9(13)6-12(11)16-8-4-2-3-5-8/h6-8,14H,2-5,13H2,1H3. The van der Waals surface area contributed by atoms with E-state index >= 15 is 0 Å². The number of hydrogen-bond acceptors (Lipinski definition) is 4. The molecule has 0 spiro atoms. The van der Waals surface area contributed by atoms with E-state index in [0.29, 0.717) is 17.2 Å². The molecule has 4 heteroatoms. The van der Waals surface area contributed by atoms with Crippen LogP contribution in [0.4, 0.5) is 5.69 Å². The third kappa shape index (κ3) is 2.15. The number of rotatable bonds is 3. The number of phenolic OH excluding ortho intramolecular Hbond substituents is 1. The lowest BCUT2D eigenvalue weighted by atomic mass is 10.2. The SMILES string of the molecule is COc1cc(O)c(N)cc1OC1CCCC1. The first-order valence-electron chi connectivity index (χ1n) is 5.54. The van der Waals surface area contributed by atoms with Gasteiger partial charge in [-0.05, 0) is 25.7 Å². The van der Waals surface area contributed by atoms with Crippen molar-refractivity contribution in [2.45, 2.75) is 31.8 Å². The molecule has 0 aliphatic heterocycles. The van der Waals surface area contributed by atoms with E-state index in [1.807, 2.05) is 0 Å². The quantitative estimate of drug-likeness (QED) is 0.609. The molecular formula is C12H17NO3. The summed E-state index contributed by atoms with van der Waals surface area (Å²) in [4.78, 5) is 0. The van der Waals surface area contributed by atoms with Gasteiger partial charge in [-0.3, -0.25) is 0 Å². The van der Waals surface area contributed by atoms with Crippen molar-refractivity contribution in [1.29, 1.82) is 0 Å². The van der Waals surface area contributed by atoms with E-state index < -0.39 is 0 Å². The van der Waals surface area contributed by atoms with Crippen LogP contribution < -0.4 is 15.2 Å². The number of anilines is 1. The fraction of sp³-hybridized carbons (Fsp3) is 0.500. The van der Waals surface area contributed by atoms with Crippen molar-refractivity contribution in [2.24, 2.45) is 0 Å². The maximum absolute atomic E-state index is 9.46. The predicted octanol–water partition coefficient (Wildman–Crippen LogP) is 2.30. The van der Waals surface area contributed by atoms with Crippen LogP contribution in [0.5, 0.6) is 17.2 Å². The molecule has 0 heterocycles. The van der Waals surface area contributed by atoms with Crippen molar-refractivity contribution >= 4 is 5.69 Å². The molecule has 16 heavy (non-hydrogen) atoms. The number of methoxy groups -OCH3 is 1. The number of benzene rings is 1. The summed E-state index contributed by atoms with van der Waals surface area (Å²) in [5.41, 5.74) is 5.95. The molecule has 1 aromatic carbocycles. The van der Waals surface area contributed by atoms with Crippen LogP contribution in [0.3, 0.4) is 0 Å². The molecule has 0 unspecified atom stereocenters. The molecule has 0 atom stereocenters. The first-order chi connectivity index (χ1) is 7.70. The Hall–Kier alpha value is -1.58. The number of ether oxygens (including phenoxy) is 2. The van der Waals surface area contributed by atoms with Gasteiger partial charge in [0.2, 0.25) is 0 Å². The Morgan fingerprint density at radius 1 is 1.25 bits per heavy atom. The minimum atomic E-state index is 0.0237. The van der Waals surface area contributed by atoms with Crippen LogP contribution in [0, 0.1) is 0 Å². The highest BCUT2D eigenvalue weighted by atomic mass is 16.5. The molecule has 1 aliphatic rings. The predicted molar refractivity (Wildman–Crippen MR) is 62.0 cm³/mol. The zero-order chi connectivity index (χ0) is 11.5. The highest BCUT2D eigenvalue weighted by Gasteiger charge is 2.19. The van der Waals surface area contributed by atoms with Gasteiger partial charge in [0.25, 0.3) is 0 Å². The molecule has 3 N–H and O–H groups in total.